The van der Waals surface area contributed by atoms with Crippen molar-refractivity contribution < 1.29 is 4.79 Å². The molecule has 2 heterocycles. The number of aromatic amines is 1. The van der Waals surface area contributed by atoms with Crippen molar-refractivity contribution in [3.05, 3.63) is 59.4 Å². The molecule has 1 atom stereocenters. The highest BCUT2D eigenvalue weighted by molar-refractivity contribution is 5.94. The van der Waals surface area contributed by atoms with Crippen molar-refractivity contribution >= 4 is 5.91 Å². The van der Waals surface area contributed by atoms with Gasteiger partial charge in [-0.05, 0) is 30.5 Å². The molecule has 2 N–H and O–H groups in total. The Balaban J connectivity index is 1.54. The number of nitrogens with zero attached hydrogens (tertiary/aromatic N) is 1. The molecule has 110 valence electrons. The fourth-order valence-corrected chi connectivity index (χ4v) is 2.92. The van der Waals surface area contributed by atoms with E-state index in [0.29, 0.717) is 5.56 Å². The van der Waals surface area contributed by atoms with Crippen LogP contribution in [0.5, 0.6) is 0 Å². The summed E-state index contributed by atoms with van der Waals surface area (Å²) in [6.45, 7) is 4.97. The van der Waals surface area contributed by atoms with Gasteiger partial charge in [-0.2, -0.15) is 0 Å². The van der Waals surface area contributed by atoms with E-state index in [1.54, 1.807) is 18.5 Å². The number of H-pyrrole nitrogens is 1. The number of hydrogen-bond donors (Lipinski definition) is 2. The SMILES string of the molecule is CC(CN1CCc2ccccc2C1)NC(=O)c1cc[nH]c1. The number of nitrogens with one attached hydrogen (secondary N) is 2. The smallest absolute Gasteiger partial charge is 0.253 e. The van der Waals surface area contributed by atoms with Gasteiger partial charge in [0.2, 0.25) is 0 Å². The predicted octanol–water partition coefficient (Wildman–Crippen LogP) is 2.19. The molecule has 4 nitrogen and oxygen atoms in total. The zero-order valence-corrected chi connectivity index (χ0v) is 12.3. The van der Waals surface area contributed by atoms with Gasteiger partial charge in [-0.25, -0.2) is 0 Å². The quantitative estimate of drug-likeness (QED) is 0.903. The van der Waals surface area contributed by atoms with Gasteiger partial charge in [0.05, 0.1) is 5.56 Å². The Hall–Kier alpha value is -2.07. The number of aromatic nitrogens is 1. The van der Waals surface area contributed by atoms with Crippen molar-refractivity contribution in [1.29, 1.82) is 0 Å². The van der Waals surface area contributed by atoms with E-state index >= 15 is 0 Å². The maximum Gasteiger partial charge on any atom is 0.253 e. The van der Waals surface area contributed by atoms with Gasteiger partial charge in [-0.15, -0.1) is 0 Å². The number of carbonyl (C=O) groups excluding carboxylic acids is 1. The summed E-state index contributed by atoms with van der Waals surface area (Å²) >= 11 is 0. The summed E-state index contributed by atoms with van der Waals surface area (Å²) in [4.78, 5) is 17.3. The minimum absolute atomic E-state index is 0.0128. The fraction of sp³-hybridized carbons (Fsp3) is 0.353. The highest BCUT2D eigenvalue weighted by Crippen LogP contribution is 2.18. The van der Waals surface area contributed by atoms with E-state index in [2.05, 4.69) is 46.4 Å². The molecule has 1 unspecified atom stereocenters. The lowest BCUT2D eigenvalue weighted by atomic mass is 10.00. The van der Waals surface area contributed by atoms with Gasteiger partial charge in [0.1, 0.15) is 0 Å². The molecule has 0 bridgehead atoms. The second-order valence-electron chi connectivity index (χ2n) is 5.73. The molecular formula is C17H21N3O. The van der Waals surface area contributed by atoms with Crippen LogP contribution in [0.4, 0.5) is 0 Å². The van der Waals surface area contributed by atoms with E-state index in [1.807, 2.05) is 0 Å². The summed E-state index contributed by atoms with van der Waals surface area (Å²) < 4.78 is 0. The molecule has 4 heteroatoms. The Morgan fingerprint density at radius 2 is 2.14 bits per heavy atom. The van der Waals surface area contributed by atoms with Gasteiger partial charge in [-0.3, -0.25) is 9.69 Å². The average molecular weight is 283 g/mol. The van der Waals surface area contributed by atoms with Crippen LogP contribution in [-0.2, 0) is 13.0 Å². The topological polar surface area (TPSA) is 48.1 Å². The first kappa shape index (κ1) is 13.9. The number of amides is 1. The summed E-state index contributed by atoms with van der Waals surface area (Å²) in [6.07, 6.45) is 4.58. The van der Waals surface area contributed by atoms with Crippen molar-refractivity contribution in [3.8, 4) is 0 Å². The molecule has 0 saturated carbocycles. The van der Waals surface area contributed by atoms with E-state index < -0.39 is 0 Å². The third-order valence-corrected chi connectivity index (χ3v) is 3.98. The van der Waals surface area contributed by atoms with Crippen molar-refractivity contribution in [3.63, 3.8) is 0 Å². The van der Waals surface area contributed by atoms with Crippen molar-refractivity contribution in [2.24, 2.45) is 0 Å². The molecule has 1 amide bonds. The van der Waals surface area contributed by atoms with Crippen LogP contribution in [0.25, 0.3) is 0 Å². The van der Waals surface area contributed by atoms with Crippen LogP contribution in [0.2, 0.25) is 0 Å². The lowest BCUT2D eigenvalue weighted by Gasteiger charge is -2.31. The van der Waals surface area contributed by atoms with Crippen molar-refractivity contribution in [2.75, 3.05) is 13.1 Å². The second kappa shape index (κ2) is 6.14. The minimum atomic E-state index is -0.0128. The predicted molar refractivity (Wildman–Crippen MR) is 83.1 cm³/mol. The fourth-order valence-electron chi connectivity index (χ4n) is 2.92. The normalized spacial score (nSPS) is 16.2. The van der Waals surface area contributed by atoms with Crippen molar-refractivity contribution in [2.45, 2.75) is 25.9 Å². The molecule has 21 heavy (non-hydrogen) atoms. The molecule has 2 aromatic rings. The molecule has 1 aliphatic rings. The molecule has 0 fully saturated rings. The Morgan fingerprint density at radius 1 is 1.33 bits per heavy atom. The van der Waals surface area contributed by atoms with E-state index in [4.69, 9.17) is 0 Å². The van der Waals surface area contributed by atoms with Crippen LogP contribution >= 0.6 is 0 Å². The van der Waals surface area contributed by atoms with Crippen LogP contribution in [0, 0.1) is 0 Å². The first-order valence-electron chi connectivity index (χ1n) is 7.45. The third kappa shape index (κ3) is 3.34. The zero-order chi connectivity index (χ0) is 14.7. The summed E-state index contributed by atoms with van der Waals surface area (Å²) in [6, 6.07) is 10.5. The summed E-state index contributed by atoms with van der Waals surface area (Å²) in [5, 5.41) is 3.05. The molecular weight excluding hydrogens is 262 g/mol. The van der Waals surface area contributed by atoms with E-state index in [-0.39, 0.29) is 11.9 Å². The standard InChI is InChI=1S/C17H21N3O/c1-13(19-17(21)15-6-8-18-10-15)11-20-9-7-14-4-2-3-5-16(14)12-20/h2-6,8,10,13,18H,7,9,11-12H2,1H3,(H,19,21). The number of hydrogen-bond acceptors (Lipinski definition) is 2. The van der Waals surface area contributed by atoms with Crippen molar-refractivity contribution in [1.82, 2.24) is 15.2 Å². The largest absolute Gasteiger partial charge is 0.367 e. The van der Waals surface area contributed by atoms with E-state index in [0.717, 1.165) is 26.1 Å². The van der Waals surface area contributed by atoms with Gasteiger partial charge >= 0.3 is 0 Å². The highest BCUT2D eigenvalue weighted by atomic mass is 16.1. The van der Waals surface area contributed by atoms with Crippen LogP contribution in [0.15, 0.2) is 42.7 Å². The van der Waals surface area contributed by atoms with Crippen LogP contribution in [-0.4, -0.2) is 34.9 Å². The molecule has 0 radical (unpaired) electrons. The summed E-state index contributed by atoms with van der Waals surface area (Å²) in [5.41, 5.74) is 3.55. The monoisotopic (exact) mass is 283 g/mol. The number of rotatable bonds is 4. The molecule has 1 aromatic heterocycles. The first-order valence-corrected chi connectivity index (χ1v) is 7.45. The molecule has 0 aliphatic carbocycles. The number of benzene rings is 1. The first-order chi connectivity index (χ1) is 10.2. The summed E-state index contributed by atoms with van der Waals surface area (Å²) in [7, 11) is 0. The molecule has 0 saturated heterocycles. The molecule has 1 aromatic carbocycles. The Morgan fingerprint density at radius 3 is 2.90 bits per heavy atom. The minimum Gasteiger partial charge on any atom is -0.367 e. The van der Waals surface area contributed by atoms with Crippen LogP contribution in [0.1, 0.15) is 28.4 Å². The van der Waals surface area contributed by atoms with Gasteiger partial charge in [0, 0.05) is 38.1 Å². The molecule has 3 rings (SSSR count). The van der Waals surface area contributed by atoms with Gasteiger partial charge < -0.3 is 10.3 Å². The maximum atomic E-state index is 12.0. The summed E-state index contributed by atoms with van der Waals surface area (Å²) in [5.74, 6) is -0.0128. The zero-order valence-electron chi connectivity index (χ0n) is 12.3. The maximum absolute atomic E-state index is 12.0. The van der Waals surface area contributed by atoms with Gasteiger partial charge in [0.25, 0.3) is 5.91 Å². The Bertz CT molecular complexity index is 606. The molecule has 0 spiro atoms. The third-order valence-electron chi connectivity index (χ3n) is 3.98. The van der Waals surface area contributed by atoms with E-state index in [9.17, 15) is 4.79 Å². The molecule has 1 aliphatic heterocycles. The average Bonchev–Trinajstić information content (AvgIpc) is 3.01. The van der Waals surface area contributed by atoms with Crippen LogP contribution in [0.3, 0.4) is 0 Å². The number of carbonyl (C=O) groups is 1. The Kier molecular flexibility index (Phi) is 4.06. The van der Waals surface area contributed by atoms with Crippen LogP contribution < -0.4 is 5.32 Å². The second-order valence-corrected chi connectivity index (χ2v) is 5.73. The highest BCUT2D eigenvalue weighted by Gasteiger charge is 2.18. The van der Waals surface area contributed by atoms with Gasteiger partial charge in [-0.1, -0.05) is 24.3 Å². The van der Waals surface area contributed by atoms with E-state index in [1.165, 1.54) is 11.1 Å². The number of fused-ring (bicyclic) bond motifs is 1. The Labute approximate surface area is 125 Å². The lowest BCUT2D eigenvalue weighted by Crippen LogP contribution is -2.43. The van der Waals surface area contributed by atoms with Gasteiger partial charge in [0.15, 0.2) is 0 Å². The lowest BCUT2D eigenvalue weighted by molar-refractivity contribution is 0.0927.